The summed E-state index contributed by atoms with van der Waals surface area (Å²) in [6, 6.07) is 12.7. The van der Waals surface area contributed by atoms with E-state index in [2.05, 4.69) is 34.9 Å². The Kier molecular flexibility index (Phi) is 27.4. The van der Waals surface area contributed by atoms with Crippen LogP contribution < -0.4 is 5.46 Å². The summed E-state index contributed by atoms with van der Waals surface area (Å²) >= 11 is 5.44. The molecule has 7 aromatic heterocycles. The van der Waals surface area contributed by atoms with Crippen LogP contribution in [-0.4, -0.2) is 81.7 Å². The number of pyridine rings is 6. The molecule has 66 heavy (non-hydrogen) atoms. The molecule has 0 atom stereocenters. The van der Waals surface area contributed by atoms with Gasteiger partial charge in [-0.3, -0.25) is 25.2 Å². The summed E-state index contributed by atoms with van der Waals surface area (Å²) in [5, 5.41) is 38.9. The van der Waals surface area contributed by atoms with Crippen LogP contribution in [-0.2, 0) is 13.6 Å². The lowest BCUT2D eigenvalue weighted by Crippen LogP contribution is -2.30. The van der Waals surface area contributed by atoms with Gasteiger partial charge in [0.05, 0.1) is 40.7 Å². The third kappa shape index (κ3) is 19.1. The Bertz CT molecular complexity index is 2500. The second-order valence-corrected chi connectivity index (χ2v) is 14.0. The van der Waals surface area contributed by atoms with Gasteiger partial charge in [0.2, 0.25) is 23.0 Å². The van der Waals surface area contributed by atoms with Crippen molar-refractivity contribution in [1.82, 2.24) is 34.9 Å². The van der Waals surface area contributed by atoms with E-state index in [4.69, 9.17) is 35.2 Å². The van der Waals surface area contributed by atoms with Crippen molar-refractivity contribution in [1.29, 1.82) is 0 Å². The molecule has 18 nitrogen and oxygen atoms in total. The highest BCUT2D eigenvalue weighted by molar-refractivity contribution is 7.41. The van der Waals surface area contributed by atoms with Crippen LogP contribution >= 0.6 is 20.2 Å². The zero-order valence-electron chi connectivity index (χ0n) is 34.6. The maximum atomic E-state index is 12.9. The molecule has 0 aliphatic carbocycles. The molecule has 0 aliphatic heterocycles. The van der Waals surface area contributed by atoms with E-state index >= 15 is 0 Å². The first-order valence-electron chi connectivity index (χ1n) is 18.5. The summed E-state index contributed by atoms with van der Waals surface area (Å²) in [5.74, 6) is -1.75. The van der Waals surface area contributed by atoms with Crippen LogP contribution in [0.5, 0.6) is 0 Å². The van der Waals surface area contributed by atoms with Crippen molar-refractivity contribution in [3.8, 4) is 11.3 Å². The maximum Gasteiger partial charge on any atom is 0.490 e. The van der Waals surface area contributed by atoms with E-state index in [9.17, 15) is 33.4 Å². The third-order valence-electron chi connectivity index (χ3n) is 7.50. The van der Waals surface area contributed by atoms with Crippen molar-refractivity contribution in [2.75, 3.05) is 19.8 Å². The number of hydrogen-bond donors (Lipinski definition) is 3. The van der Waals surface area contributed by atoms with Gasteiger partial charge in [-0.15, -0.1) is 0 Å². The van der Waals surface area contributed by atoms with E-state index in [0.717, 1.165) is 45.9 Å². The fraction of sp³-hybridized carbons (Fsp3) is 0.286. The number of nitrogens with one attached hydrogen (secondary N) is 1. The summed E-state index contributed by atoms with van der Waals surface area (Å²) in [6.45, 7) is 13.1. The summed E-state index contributed by atoms with van der Waals surface area (Å²) in [4.78, 5) is 45.5. The van der Waals surface area contributed by atoms with Gasteiger partial charge in [-0.2, -0.15) is 13.2 Å². The van der Waals surface area contributed by atoms with Gasteiger partial charge in [-0.1, -0.05) is 39.9 Å². The second kappa shape index (κ2) is 30.1. The molecule has 0 aromatic carbocycles. The molecule has 0 radical (unpaired) electrons. The van der Waals surface area contributed by atoms with Crippen molar-refractivity contribution >= 4 is 66.2 Å². The molecule has 356 valence electrons. The van der Waals surface area contributed by atoms with Crippen LogP contribution in [0, 0.1) is 58.8 Å². The molecule has 0 saturated heterocycles. The van der Waals surface area contributed by atoms with Crippen LogP contribution in [0.3, 0.4) is 0 Å². The molecule has 0 unspecified atom stereocenters. The molecule has 7 rings (SSSR count). The normalized spacial score (nSPS) is 9.89. The van der Waals surface area contributed by atoms with Crippen molar-refractivity contribution < 1.29 is 46.6 Å². The first-order valence-corrected chi connectivity index (χ1v) is 20.0. The molecule has 0 bridgehead atoms. The van der Waals surface area contributed by atoms with E-state index in [1.807, 2.05) is 33.8 Å². The van der Waals surface area contributed by atoms with E-state index in [1.165, 1.54) is 48.9 Å². The Hall–Kier alpha value is -6.13. The van der Waals surface area contributed by atoms with Crippen molar-refractivity contribution in [2.45, 2.75) is 63.8 Å². The lowest BCUT2D eigenvalue weighted by atomic mass is 9.82. The number of halogens is 4. The number of H-pyrrole nitrogens is 1. The number of fused-ring (bicyclic) bond motifs is 3. The molecule has 0 saturated carbocycles. The molecule has 24 heteroatoms. The summed E-state index contributed by atoms with van der Waals surface area (Å²) in [5.41, 5.74) is 5.28. The lowest BCUT2D eigenvalue weighted by Gasteiger charge is -2.12. The smallest absolute Gasteiger partial charge is 0.423 e. The van der Waals surface area contributed by atoms with Crippen LogP contribution in [0.2, 0.25) is 5.15 Å². The van der Waals surface area contributed by atoms with Crippen LogP contribution in [0.25, 0.3) is 33.3 Å². The first kappa shape index (κ1) is 59.9. The Morgan fingerprint density at radius 2 is 1.18 bits per heavy atom. The Morgan fingerprint density at radius 3 is 1.67 bits per heavy atom. The topological polar surface area (TPSA) is 248 Å². The lowest BCUT2D eigenvalue weighted by molar-refractivity contribution is -0.385. The SMILES string of the molecule is C.C.C.CCOP(OCC)OCC.Cc1cnc(-c2ccc(F)nc2)c([N+](=O)[O-])c1.Cc1cnc(Cl)c([N+](=O)[O-])c1.Cc1cnc2c(c1)[nH]c1nc(F)ccc12.OB(O)c1ccc(F)nc1. The van der Waals surface area contributed by atoms with Gasteiger partial charge < -0.3 is 28.6 Å². The largest absolute Gasteiger partial charge is 0.490 e. The summed E-state index contributed by atoms with van der Waals surface area (Å²) < 4.78 is 53.1. The molecule has 7 aromatic rings. The number of aromatic nitrogens is 7. The van der Waals surface area contributed by atoms with Gasteiger partial charge in [0.1, 0.15) is 11.3 Å². The van der Waals surface area contributed by atoms with Crippen LogP contribution in [0.15, 0.2) is 85.6 Å². The number of nitro groups is 2. The van der Waals surface area contributed by atoms with Crippen molar-refractivity contribution in [2.24, 2.45) is 0 Å². The second-order valence-electron chi connectivity index (χ2n) is 12.4. The van der Waals surface area contributed by atoms with Gasteiger partial charge in [-0.25, -0.2) is 24.9 Å². The average Bonchev–Trinajstić information content (AvgIpc) is 3.60. The number of hydrogen-bond acceptors (Lipinski definition) is 15. The molecule has 0 aliphatic rings. The molecule has 3 N–H and O–H groups in total. The number of rotatable bonds is 10. The van der Waals surface area contributed by atoms with Gasteiger partial charge in [0, 0.05) is 59.5 Å². The van der Waals surface area contributed by atoms with Gasteiger partial charge in [0.15, 0.2) is 0 Å². The van der Waals surface area contributed by atoms with Gasteiger partial charge in [0.25, 0.3) is 5.69 Å². The average molecular weight is 962 g/mol. The minimum atomic E-state index is -1.58. The molecular weight excluding hydrogens is 909 g/mol. The van der Waals surface area contributed by atoms with Gasteiger partial charge >= 0.3 is 21.4 Å². The molecule has 0 fully saturated rings. The molecule has 0 spiro atoms. The van der Waals surface area contributed by atoms with Crippen molar-refractivity contribution in [3.05, 3.63) is 145 Å². The maximum absolute atomic E-state index is 12.9. The zero-order chi connectivity index (χ0) is 46.6. The van der Waals surface area contributed by atoms with Crippen molar-refractivity contribution in [3.63, 3.8) is 0 Å². The summed E-state index contributed by atoms with van der Waals surface area (Å²) in [7, 11) is -2.64. The third-order valence-corrected chi connectivity index (χ3v) is 9.20. The Morgan fingerprint density at radius 1 is 0.682 bits per heavy atom. The fourth-order valence-corrected chi connectivity index (χ4v) is 5.82. The molecule has 0 amide bonds. The molecular formula is C42H53BClF3N9O9P. The highest BCUT2D eigenvalue weighted by atomic mass is 35.5. The van der Waals surface area contributed by atoms with E-state index in [0.29, 0.717) is 36.6 Å². The minimum absolute atomic E-state index is 0. The fourth-order valence-electron chi connectivity index (χ4n) is 4.79. The van der Waals surface area contributed by atoms with E-state index in [1.54, 1.807) is 26.1 Å². The van der Waals surface area contributed by atoms with Crippen LogP contribution in [0.1, 0.15) is 59.7 Å². The molecule has 7 heterocycles. The number of aromatic amines is 1. The summed E-state index contributed by atoms with van der Waals surface area (Å²) in [6.07, 6.45) is 7.08. The highest BCUT2D eigenvalue weighted by Crippen LogP contribution is 2.38. The zero-order valence-corrected chi connectivity index (χ0v) is 36.2. The predicted octanol–water partition coefficient (Wildman–Crippen LogP) is 10.1. The van der Waals surface area contributed by atoms with Crippen LogP contribution in [0.4, 0.5) is 24.5 Å². The monoisotopic (exact) mass is 961 g/mol. The Balaban J connectivity index is 0.000000806. The van der Waals surface area contributed by atoms with E-state index < -0.39 is 43.4 Å². The van der Waals surface area contributed by atoms with E-state index in [-0.39, 0.29) is 50.0 Å². The highest BCUT2D eigenvalue weighted by Gasteiger charge is 2.18. The first-order chi connectivity index (χ1) is 30.0. The quantitative estimate of drug-likeness (QED) is 0.0379. The van der Waals surface area contributed by atoms with Gasteiger partial charge in [-0.05, 0) is 94.6 Å². The predicted molar refractivity (Wildman–Crippen MR) is 252 cm³/mol. The standard InChI is InChI=1S/C11H8FN3O2.C11H8FN3.C6H5ClN2O2.C6H15O3P.C5H5BFNO2.3CH4/c1-7-4-9(15(16)17)11(14-5-7)8-2-3-10(12)13-6-8;1-6-4-8-10(13-5-6)7-2-3-9(12)15-11(7)14-8;1-4-2-5(9(10)11)6(7)8-3-4;1-4-7-10(8-5-2)9-6-3;7-5-2-1-4(3-8-5)6(9)10;;;/h2-6H,1H3;2-5H,1H3,(H,14,15);2-3H,1H3;4-6H2,1-3H3;1-3,9-10H;3*1H4. The number of nitrogens with zero attached hydrogens (tertiary/aromatic N) is 8. The number of aryl methyl sites for hydroxylation is 3. The minimum Gasteiger partial charge on any atom is -0.423 e. The Labute approximate surface area is 387 Å².